The Morgan fingerprint density at radius 2 is 2.17 bits per heavy atom. The van der Waals surface area contributed by atoms with E-state index >= 15 is 0 Å². The molecule has 23 heavy (non-hydrogen) atoms. The van der Waals surface area contributed by atoms with Crippen molar-refractivity contribution in [2.24, 2.45) is 10.9 Å². The normalized spacial score (nSPS) is 27.6. The molecule has 0 spiro atoms. The maximum atomic E-state index is 5.40. The van der Waals surface area contributed by atoms with Gasteiger partial charge in [-0.15, -0.1) is 5.10 Å². The molecule has 0 radical (unpaired) electrons. The van der Waals surface area contributed by atoms with E-state index in [1.165, 1.54) is 18.6 Å². The van der Waals surface area contributed by atoms with Crippen LogP contribution in [-0.2, 0) is 11.3 Å². The minimum atomic E-state index is 0.407. The van der Waals surface area contributed by atoms with E-state index in [1.54, 1.807) is 11.8 Å². The van der Waals surface area contributed by atoms with Crippen molar-refractivity contribution in [1.29, 1.82) is 0 Å². The summed E-state index contributed by atoms with van der Waals surface area (Å²) in [6.45, 7) is 6.87. The number of thioether (sulfide) groups is 1. The molecule has 0 bridgehead atoms. The van der Waals surface area contributed by atoms with E-state index in [0.29, 0.717) is 12.0 Å². The summed E-state index contributed by atoms with van der Waals surface area (Å²) in [5.74, 6) is 1.31. The van der Waals surface area contributed by atoms with Crippen molar-refractivity contribution in [3.8, 4) is 0 Å². The molecule has 0 aromatic carbocycles. The highest BCUT2D eigenvalue weighted by molar-refractivity contribution is 7.98. The molecule has 1 saturated heterocycles. The highest BCUT2D eigenvalue weighted by atomic mass is 32.2. The number of nitrogens with zero attached hydrogens (tertiary/aromatic N) is 5. The molecule has 3 heterocycles. The standard InChI is InChI=1S/C15H24N6OS/c1-23-15-18-14-17-13-11(10-21(14)19-15)2-3-12(13)16-4-5-20-6-8-22-9-7-20/h11-12,16H,2-10H2,1H3. The second kappa shape index (κ2) is 6.88. The average molecular weight is 336 g/mol. The van der Waals surface area contributed by atoms with E-state index in [9.17, 15) is 0 Å². The molecule has 0 amide bonds. The van der Waals surface area contributed by atoms with Crippen LogP contribution in [0.15, 0.2) is 10.1 Å². The van der Waals surface area contributed by atoms with Crippen molar-refractivity contribution in [2.75, 3.05) is 45.6 Å². The fraction of sp³-hybridized carbons (Fsp3) is 0.800. The summed E-state index contributed by atoms with van der Waals surface area (Å²) in [6.07, 6.45) is 4.38. The molecule has 1 saturated carbocycles. The van der Waals surface area contributed by atoms with Crippen molar-refractivity contribution < 1.29 is 4.74 Å². The number of aromatic nitrogens is 3. The van der Waals surface area contributed by atoms with Gasteiger partial charge in [0.25, 0.3) is 0 Å². The fourth-order valence-electron chi connectivity index (χ4n) is 3.66. The zero-order valence-corrected chi connectivity index (χ0v) is 14.4. The number of hydrogen-bond donors (Lipinski definition) is 1. The van der Waals surface area contributed by atoms with Gasteiger partial charge >= 0.3 is 0 Å². The van der Waals surface area contributed by atoms with Gasteiger partial charge in [-0.05, 0) is 19.1 Å². The van der Waals surface area contributed by atoms with Crippen molar-refractivity contribution in [3.63, 3.8) is 0 Å². The molecule has 2 unspecified atom stereocenters. The maximum Gasteiger partial charge on any atom is 0.248 e. The van der Waals surface area contributed by atoms with Gasteiger partial charge in [0.05, 0.1) is 19.8 Å². The van der Waals surface area contributed by atoms with E-state index in [0.717, 1.165) is 57.0 Å². The first-order chi connectivity index (χ1) is 11.3. The highest BCUT2D eigenvalue weighted by Crippen LogP contribution is 2.32. The molecule has 1 aromatic rings. The lowest BCUT2D eigenvalue weighted by Crippen LogP contribution is -2.44. The van der Waals surface area contributed by atoms with Gasteiger partial charge in [-0.3, -0.25) is 4.90 Å². The predicted molar refractivity (Wildman–Crippen MR) is 90.7 cm³/mol. The number of rotatable bonds is 5. The Bertz CT molecular complexity index is 583. The van der Waals surface area contributed by atoms with Crippen LogP contribution < -0.4 is 5.32 Å². The van der Waals surface area contributed by atoms with E-state index < -0.39 is 0 Å². The van der Waals surface area contributed by atoms with Crippen LogP contribution in [0.2, 0.25) is 0 Å². The minimum Gasteiger partial charge on any atom is -0.379 e. The third-order valence-electron chi connectivity index (χ3n) is 4.94. The maximum absolute atomic E-state index is 5.40. The van der Waals surface area contributed by atoms with Crippen LogP contribution in [-0.4, -0.2) is 77.1 Å². The molecule has 1 N–H and O–H groups in total. The van der Waals surface area contributed by atoms with Crippen molar-refractivity contribution in [2.45, 2.75) is 30.6 Å². The number of fused-ring (bicyclic) bond motifs is 2. The third kappa shape index (κ3) is 3.31. The summed E-state index contributed by atoms with van der Waals surface area (Å²) in [6, 6.07) is 0.407. The first-order valence-corrected chi connectivity index (χ1v) is 9.67. The summed E-state index contributed by atoms with van der Waals surface area (Å²) >= 11 is 1.58. The molecular formula is C15H24N6OS. The second-order valence-electron chi connectivity index (χ2n) is 6.35. The van der Waals surface area contributed by atoms with Gasteiger partial charge in [-0.2, -0.15) is 4.98 Å². The predicted octanol–water partition coefficient (Wildman–Crippen LogP) is 0.787. The molecule has 2 aliphatic heterocycles. The Kier molecular flexibility index (Phi) is 4.66. The summed E-state index contributed by atoms with van der Waals surface area (Å²) in [4.78, 5) is 11.8. The Balaban J connectivity index is 1.36. The minimum absolute atomic E-state index is 0.407. The Morgan fingerprint density at radius 3 is 3.00 bits per heavy atom. The van der Waals surface area contributed by atoms with Crippen molar-refractivity contribution in [1.82, 2.24) is 25.0 Å². The lowest BCUT2D eigenvalue weighted by atomic mass is 10.0. The summed E-state index contributed by atoms with van der Waals surface area (Å²) in [7, 11) is 0. The van der Waals surface area contributed by atoms with Gasteiger partial charge in [-0.1, -0.05) is 11.8 Å². The molecule has 1 aromatic heterocycles. The zero-order valence-electron chi connectivity index (χ0n) is 13.6. The molecular weight excluding hydrogens is 312 g/mol. The number of aliphatic imine (C=N–C) groups is 1. The van der Waals surface area contributed by atoms with Gasteiger partial charge < -0.3 is 10.1 Å². The van der Waals surface area contributed by atoms with Gasteiger partial charge in [0.1, 0.15) is 0 Å². The molecule has 4 rings (SSSR count). The van der Waals surface area contributed by atoms with Crippen LogP contribution in [0.1, 0.15) is 12.8 Å². The van der Waals surface area contributed by atoms with Gasteiger partial charge in [-0.25, -0.2) is 9.67 Å². The monoisotopic (exact) mass is 336 g/mol. The molecule has 2 atom stereocenters. The summed E-state index contributed by atoms with van der Waals surface area (Å²) in [5.41, 5.74) is 1.29. The van der Waals surface area contributed by atoms with Crippen molar-refractivity contribution >= 4 is 23.4 Å². The number of hydrogen-bond acceptors (Lipinski definition) is 7. The SMILES string of the molecule is CSc1nc2n(n1)CC1CCC(NCCN3CCOCC3)C1=N2. The molecule has 2 fully saturated rings. The zero-order chi connectivity index (χ0) is 15.6. The van der Waals surface area contributed by atoms with Crippen LogP contribution in [0.25, 0.3) is 0 Å². The lowest BCUT2D eigenvalue weighted by Gasteiger charge is -2.27. The highest BCUT2D eigenvalue weighted by Gasteiger charge is 2.36. The van der Waals surface area contributed by atoms with Crippen LogP contribution in [0.3, 0.4) is 0 Å². The molecule has 8 heteroatoms. The summed E-state index contributed by atoms with van der Waals surface area (Å²) < 4.78 is 7.36. The van der Waals surface area contributed by atoms with Gasteiger partial charge in [0, 0.05) is 43.9 Å². The topological polar surface area (TPSA) is 67.6 Å². The van der Waals surface area contributed by atoms with Gasteiger partial charge in [0.2, 0.25) is 11.1 Å². The lowest BCUT2D eigenvalue weighted by molar-refractivity contribution is 0.0383. The van der Waals surface area contributed by atoms with E-state index in [4.69, 9.17) is 9.73 Å². The van der Waals surface area contributed by atoms with E-state index in [2.05, 4.69) is 20.3 Å². The van der Waals surface area contributed by atoms with Crippen LogP contribution >= 0.6 is 11.8 Å². The van der Waals surface area contributed by atoms with Crippen LogP contribution in [0.4, 0.5) is 5.95 Å². The second-order valence-corrected chi connectivity index (χ2v) is 7.13. The van der Waals surface area contributed by atoms with E-state index in [-0.39, 0.29) is 0 Å². The third-order valence-corrected chi connectivity index (χ3v) is 5.48. The number of nitrogens with one attached hydrogen (secondary N) is 1. The average Bonchev–Trinajstić information content (AvgIpc) is 3.17. The fourth-order valence-corrected chi connectivity index (χ4v) is 4.01. The first-order valence-electron chi connectivity index (χ1n) is 8.44. The molecule has 3 aliphatic rings. The molecule has 7 nitrogen and oxygen atoms in total. The quantitative estimate of drug-likeness (QED) is 0.802. The van der Waals surface area contributed by atoms with E-state index in [1.807, 2.05) is 10.9 Å². The molecule has 126 valence electrons. The largest absolute Gasteiger partial charge is 0.379 e. The Labute approximate surface area is 140 Å². The number of ether oxygens (including phenoxy) is 1. The van der Waals surface area contributed by atoms with Crippen LogP contribution in [0, 0.1) is 5.92 Å². The summed E-state index contributed by atoms with van der Waals surface area (Å²) in [5, 5.41) is 9.02. The Morgan fingerprint density at radius 1 is 1.30 bits per heavy atom. The molecule has 1 aliphatic carbocycles. The smallest absolute Gasteiger partial charge is 0.248 e. The first kappa shape index (κ1) is 15.6. The van der Waals surface area contributed by atoms with Gasteiger partial charge in [0.15, 0.2) is 0 Å². The number of morpholine rings is 1. The Hall–Kier alpha value is -0.960. The van der Waals surface area contributed by atoms with Crippen molar-refractivity contribution in [3.05, 3.63) is 0 Å². The van der Waals surface area contributed by atoms with Crippen LogP contribution in [0.5, 0.6) is 0 Å².